The second kappa shape index (κ2) is 7.73. The standard InChI is InChI=1S/C18H16ClNO3S/c19-14-5-1-12(2-6-14)9-10-23-15-7-3-13(4-8-15)11-16-17(21)20-18(22)24-16/h1-8,16H,9-11H2,(H,20,21,22). The lowest BCUT2D eigenvalue weighted by Gasteiger charge is -2.09. The molecule has 1 saturated heterocycles. The average Bonchev–Trinajstić information content (AvgIpc) is 2.88. The lowest BCUT2D eigenvalue weighted by molar-refractivity contribution is -0.118. The molecule has 4 nitrogen and oxygen atoms in total. The summed E-state index contributed by atoms with van der Waals surface area (Å²) < 4.78 is 5.73. The van der Waals surface area contributed by atoms with Gasteiger partial charge < -0.3 is 4.74 Å². The molecule has 2 amide bonds. The number of halogens is 1. The van der Waals surface area contributed by atoms with Crippen molar-refractivity contribution in [2.75, 3.05) is 6.61 Å². The Labute approximate surface area is 149 Å². The Morgan fingerprint density at radius 1 is 1.00 bits per heavy atom. The molecule has 1 aliphatic heterocycles. The molecule has 3 rings (SSSR count). The SMILES string of the molecule is O=C1NC(=O)C(Cc2ccc(OCCc3ccc(Cl)cc3)cc2)S1. The van der Waals surface area contributed by atoms with Gasteiger partial charge in [0.2, 0.25) is 5.91 Å². The zero-order valence-electron chi connectivity index (χ0n) is 12.8. The average molecular weight is 362 g/mol. The fourth-order valence-corrected chi connectivity index (χ4v) is 3.39. The van der Waals surface area contributed by atoms with E-state index in [1.165, 1.54) is 5.56 Å². The van der Waals surface area contributed by atoms with Gasteiger partial charge in [-0.15, -0.1) is 0 Å². The zero-order valence-corrected chi connectivity index (χ0v) is 14.4. The number of amides is 2. The molecule has 1 N–H and O–H groups in total. The van der Waals surface area contributed by atoms with Crippen molar-refractivity contribution in [2.24, 2.45) is 0 Å². The van der Waals surface area contributed by atoms with E-state index in [0.29, 0.717) is 13.0 Å². The third-order valence-corrected chi connectivity index (χ3v) is 4.92. The van der Waals surface area contributed by atoms with Crippen LogP contribution in [-0.2, 0) is 17.6 Å². The van der Waals surface area contributed by atoms with Crippen LogP contribution in [0.15, 0.2) is 48.5 Å². The molecule has 0 saturated carbocycles. The summed E-state index contributed by atoms with van der Waals surface area (Å²) in [4.78, 5) is 22.7. The predicted octanol–water partition coefficient (Wildman–Crippen LogP) is 3.86. The molecule has 1 atom stereocenters. The number of ether oxygens (including phenoxy) is 1. The molecule has 0 aliphatic carbocycles. The highest BCUT2D eigenvalue weighted by molar-refractivity contribution is 8.15. The minimum absolute atomic E-state index is 0.215. The Morgan fingerprint density at radius 3 is 2.29 bits per heavy atom. The van der Waals surface area contributed by atoms with Gasteiger partial charge in [0.1, 0.15) is 5.75 Å². The first-order valence-electron chi connectivity index (χ1n) is 7.58. The van der Waals surface area contributed by atoms with Crippen molar-refractivity contribution in [1.29, 1.82) is 0 Å². The Bertz CT molecular complexity index is 731. The highest BCUT2D eigenvalue weighted by Gasteiger charge is 2.31. The van der Waals surface area contributed by atoms with E-state index in [2.05, 4.69) is 5.32 Å². The molecule has 1 aliphatic rings. The van der Waals surface area contributed by atoms with Crippen LogP contribution in [0.3, 0.4) is 0 Å². The minimum atomic E-state index is -0.339. The maximum Gasteiger partial charge on any atom is 0.286 e. The first-order chi connectivity index (χ1) is 11.6. The summed E-state index contributed by atoms with van der Waals surface area (Å²) in [6.07, 6.45) is 1.34. The summed E-state index contributed by atoms with van der Waals surface area (Å²) in [5.41, 5.74) is 2.17. The molecule has 1 fully saturated rings. The lowest BCUT2D eigenvalue weighted by atomic mass is 10.1. The van der Waals surface area contributed by atoms with Crippen LogP contribution in [0.4, 0.5) is 4.79 Å². The normalized spacial score (nSPS) is 17.0. The van der Waals surface area contributed by atoms with E-state index in [9.17, 15) is 9.59 Å². The molecule has 1 unspecified atom stereocenters. The van der Waals surface area contributed by atoms with Gasteiger partial charge in [-0.1, -0.05) is 47.6 Å². The van der Waals surface area contributed by atoms with E-state index in [-0.39, 0.29) is 16.4 Å². The van der Waals surface area contributed by atoms with Crippen LogP contribution in [-0.4, -0.2) is 23.0 Å². The molecule has 6 heteroatoms. The smallest absolute Gasteiger partial charge is 0.286 e. The summed E-state index contributed by atoms with van der Waals surface area (Å²) in [5, 5.41) is 2.42. The van der Waals surface area contributed by atoms with E-state index in [1.54, 1.807) is 0 Å². The molecule has 0 radical (unpaired) electrons. The molecule has 2 aromatic carbocycles. The fourth-order valence-electron chi connectivity index (χ4n) is 2.40. The minimum Gasteiger partial charge on any atom is -0.493 e. The number of thioether (sulfide) groups is 1. The maximum atomic E-state index is 11.6. The third-order valence-electron chi connectivity index (χ3n) is 3.68. The molecule has 124 valence electrons. The predicted molar refractivity (Wildman–Crippen MR) is 95.7 cm³/mol. The number of benzene rings is 2. The second-order valence-electron chi connectivity index (χ2n) is 5.46. The second-order valence-corrected chi connectivity index (χ2v) is 7.07. The van der Waals surface area contributed by atoms with E-state index in [1.807, 2.05) is 48.5 Å². The largest absolute Gasteiger partial charge is 0.493 e. The van der Waals surface area contributed by atoms with Gasteiger partial charge in [0.05, 0.1) is 11.9 Å². The molecule has 0 spiro atoms. The van der Waals surface area contributed by atoms with Crippen LogP contribution >= 0.6 is 23.4 Å². The molecule has 1 heterocycles. The highest BCUT2D eigenvalue weighted by Crippen LogP contribution is 2.24. The van der Waals surface area contributed by atoms with E-state index >= 15 is 0 Å². The van der Waals surface area contributed by atoms with E-state index in [0.717, 1.165) is 34.5 Å². The first kappa shape index (κ1) is 16.9. The summed E-state index contributed by atoms with van der Waals surface area (Å²) in [6, 6.07) is 15.3. The summed E-state index contributed by atoms with van der Waals surface area (Å²) in [5.74, 6) is 0.570. The van der Waals surface area contributed by atoms with Crippen LogP contribution in [0, 0.1) is 0 Å². The number of carbonyl (C=O) groups is 2. The monoisotopic (exact) mass is 361 g/mol. The molecule has 24 heavy (non-hydrogen) atoms. The summed E-state index contributed by atoms with van der Waals surface area (Å²) >= 11 is 6.90. The highest BCUT2D eigenvalue weighted by atomic mass is 35.5. The van der Waals surface area contributed by atoms with Crippen LogP contribution in [0.2, 0.25) is 5.02 Å². The van der Waals surface area contributed by atoms with Crippen molar-refractivity contribution in [3.63, 3.8) is 0 Å². The Kier molecular flexibility index (Phi) is 5.43. The van der Waals surface area contributed by atoms with Crippen LogP contribution < -0.4 is 10.1 Å². The number of carbonyl (C=O) groups excluding carboxylic acids is 2. The zero-order chi connectivity index (χ0) is 16.9. The number of rotatable bonds is 6. The number of imide groups is 1. The van der Waals surface area contributed by atoms with Crippen molar-refractivity contribution in [3.8, 4) is 5.75 Å². The third kappa shape index (κ3) is 4.52. The van der Waals surface area contributed by atoms with Gasteiger partial charge in [-0.2, -0.15) is 0 Å². The number of hydrogen-bond donors (Lipinski definition) is 1. The Balaban J connectivity index is 1.48. The quantitative estimate of drug-likeness (QED) is 0.848. The van der Waals surface area contributed by atoms with Gasteiger partial charge in [-0.3, -0.25) is 14.9 Å². The Hall–Kier alpha value is -1.98. The first-order valence-corrected chi connectivity index (χ1v) is 8.83. The summed E-state index contributed by atoms with van der Waals surface area (Å²) in [7, 11) is 0. The van der Waals surface area contributed by atoms with Gasteiger partial charge >= 0.3 is 0 Å². The van der Waals surface area contributed by atoms with Gasteiger partial charge in [-0.05, 0) is 41.8 Å². The van der Waals surface area contributed by atoms with Crippen molar-refractivity contribution < 1.29 is 14.3 Å². The topological polar surface area (TPSA) is 55.4 Å². The van der Waals surface area contributed by atoms with E-state index < -0.39 is 0 Å². The van der Waals surface area contributed by atoms with Gasteiger partial charge in [0.25, 0.3) is 5.24 Å². The van der Waals surface area contributed by atoms with E-state index in [4.69, 9.17) is 16.3 Å². The lowest BCUT2D eigenvalue weighted by Crippen LogP contribution is -2.25. The van der Waals surface area contributed by atoms with Gasteiger partial charge in [0, 0.05) is 11.4 Å². The van der Waals surface area contributed by atoms with Gasteiger partial charge in [0.15, 0.2) is 0 Å². The molecule has 0 bridgehead atoms. The van der Waals surface area contributed by atoms with Crippen LogP contribution in [0.5, 0.6) is 5.75 Å². The number of hydrogen-bond acceptors (Lipinski definition) is 4. The maximum absolute atomic E-state index is 11.6. The molecule has 2 aromatic rings. The van der Waals surface area contributed by atoms with Crippen molar-refractivity contribution in [2.45, 2.75) is 18.1 Å². The molecular weight excluding hydrogens is 346 g/mol. The van der Waals surface area contributed by atoms with Crippen LogP contribution in [0.25, 0.3) is 0 Å². The number of nitrogens with one attached hydrogen (secondary N) is 1. The van der Waals surface area contributed by atoms with Crippen molar-refractivity contribution in [3.05, 3.63) is 64.7 Å². The Morgan fingerprint density at radius 2 is 1.67 bits per heavy atom. The van der Waals surface area contributed by atoms with Crippen molar-refractivity contribution >= 4 is 34.5 Å². The summed E-state index contributed by atoms with van der Waals surface area (Å²) in [6.45, 7) is 0.580. The molecular formula is C18H16ClNO3S. The fraction of sp³-hybridized carbons (Fsp3) is 0.222. The van der Waals surface area contributed by atoms with Gasteiger partial charge in [-0.25, -0.2) is 0 Å². The van der Waals surface area contributed by atoms with Crippen LogP contribution in [0.1, 0.15) is 11.1 Å². The van der Waals surface area contributed by atoms with Crippen molar-refractivity contribution in [1.82, 2.24) is 5.32 Å². The molecule has 0 aromatic heterocycles.